The van der Waals surface area contributed by atoms with Crippen LogP contribution < -0.4 is 61.8 Å². The van der Waals surface area contributed by atoms with Crippen LogP contribution in [-0.2, 0) is 9.59 Å². The van der Waals surface area contributed by atoms with Gasteiger partial charge in [0.15, 0.2) is 0 Å². The minimum absolute atomic E-state index is 0. The van der Waals surface area contributed by atoms with Crippen LogP contribution in [0.15, 0.2) is 48.8 Å². The first-order valence-corrected chi connectivity index (χ1v) is 8.17. The number of nitrogens with zero attached hydrogens (tertiary/aromatic N) is 2. The van der Waals surface area contributed by atoms with Crippen LogP contribution in [0.3, 0.4) is 0 Å². The summed E-state index contributed by atoms with van der Waals surface area (Å²) in [7, 11) is 0. The number of carbonyl (C=O) groups excluding carboxylic acids is 2. The molecule has 1 atom stereocenters. The summed E-state index contributed by atoms with van der Waals surface area (Å²) in [6, 6.07) is 11.0. The molecule has 0 spiro atoms. The topological polar surface area (TPSA) is 107 Å². The number of nitrogens with one attached hydrogen (secondary N) is 1. The van der Waals surface area contributed by atoms with Crippen LogP contribution in [0.25, 0.3) is 16.9 Å². The van der Waals surface area contributed by atoms with Crippen molar-refractivity contribution in [2.75, 3.05) is 5.32 Å². The van der Waals surface area contributed by atoms with Gasteiger partial charge in [-0.3, -0.25) is 4.79 Å². The maximum Gasteiger partial charge on any atom is 1.00 e. The minimum Gasteiger partial charge on any atom is -0.550 e. The molecule has 0 fully saturated rings. The number of aliphatic hydroxyl groups is 1. The Morgan fingerprint density at radius 1 is 1.30 bits per heavy atom. The molecule has 3 aromatic rings. The molecule has 0 radical (unpaired) electrons. The fraction of sp³-hybridized carbons (Fsp3) is 0.211. The zero-order valence-electron chi connectivity index (χ0n) is 15.2. The standard InChI is InChI=1S/C19H19N3O4.K/c1-12-4-3-9-22-11-15(21-18(12)22)13-5-2-6-14(10-13)20-19(26)16(23)7-8-17(24)25;/h2-6,9-11,16,23H,7-8H2,1H3,(H,20,26)(H,24,25);/q;+1/p-1/t16-;/m0./s1. The van der Waals surface area contributed by atoms with E-state index in [2.05, 4.69) is 10.3 Å². The molecular formula is C19H18KN3O4. The average Bonchev–Trinajstić information content (AvgIpc) is 3.05. The summed E-state index contributed by atoms with van der Waals surface area (Å²) in [4.78, 5) is 27.0. The number of carboxylic acids is 1. The number of hydrogen-bond donors (Lipinski definition) is 2. The van der Waals surface area contributed by atoms with Gasteiger partial charge in [-0.25, -0.2) is 4.98 Å². The molecule has 2 aromatic heterocycles. The molecule has 3 rings (SSSR count). The average molecular weight is 391 g/mol. The van der Waals surface area contributed by atoms with Gasteiger partial charge in [-0.1, -0.05) is 18.2 Å². The quantitative estimate of drug-likeness (QED) is 0.480. The van der Waals surface area contributed by atoms with Gasteiger partial charge in [0.25, 0.3) is 5.91 Å². The maximum absolute atomic E-state index is 12.0. The molecule has 0 unspecified atom stereocenters. The van der Waals surface area contributed by atoms with E-state index in [0.29, 0.717) is 5.69 Å². The van der Waals surface area contributed by atoms with Crippen LogP contribution in [0, 0.1) is 6.92 Å². The normalized spacial score (nSPS) is 11.6. The summed E-state index contributed by atoms with van der Waals surface area (Å²) in [5.74, 6) is -1.96. The monoisotopic (exact) mass is 391 g/mol. The number of aryl methyl sites for hydroxylation is 1. The first-order valence-electron chi connectivity index (χ1n) is 8.17. The number of benzene rings is 1. The number of amides is 1. The van der Waals surface area contributed by atoms with Crippen molar-refractivity contribution in [1.29, 1.82) is 0 Å². The number of aliphatic carboxylic acids is 1. The van der Waals surface area contributed by atoms with Crippen molar-refractivity contribution < 1.29 is 71.2 Å². The summed E-state index contributed by atoms with van der Waals surface area (Å²) in [6.07, 6.45) is 1.83. The zero-order chi connectivity index (χ0) is 18.7. The largest absolute Gasteiger partial charge is 1.00 e. The molecule has 1 aromatic carbocycles. The Labute approximate surface area is 198 Å². The number of pyridine rings is 1. The second-order valence-corrected chi connectivity index (χ2v) is 6.04. The van der Waals surface area contributed by atoms with E-state index in [1.54, 1.807) is 18.2 Å². The van der Waals surface area contributed by atoms with Gasteiger partial charge in [0.05, 0.1) is 5.69 Å². The number of carbonyl (C=O) groups is 2. The molecule has 2 heterocycles. The Kier molecular flexibility index (Phi) is 7.72. The van der Waals surface area contributed by atoms with Gasteiger partial charge in [-0.05, 0) is 43.5 Å². The number of anilines is 1. The van der Waals surface area contributed by atoms with E-state index in [0.717, 1.165) is 22.5 Å². The molecule has 0 bridgehead atoms. The molecule has 0 aliphatic carbocycles. The van der Waals surface area contributed by atoms with E-state index < -0.39 is 18.0 Å². The van der Waals surface area contributed by atoms with Gasteiger partial charge in [-0.15, -0.1) is 0 Å². The number of imidazole rings is 1. The second kappa shape index (κ2) is 9.58. The maximum atomic E-state index is 12.0. The fourth-order valence-corrected chi connectivity index (χ4v) is 2.66. The number of aromatic nitrogens is 2. The third-order valence-electron chi connectivity index (χ3n) is 4.03. The van der Waals surface area contributed by atoms with Gasteiger partial charge in [0.1, 0.15) is 11.8 Å². The van der Waals surface area contributed by atoms with Crippen LogP contribution in [0.4, 0.5) is 5.69 Å². The van der Waals surface area contributed by atoms with E-state index >= 15 is 0 Å². The predicted molar refractivity (Wildman–Crippen MR) is 94.2 cm³/mol. The van der Waals surface area contributed by atoms with E-state index in [1.165, 1.54) is 0 Å². The van der Waals surface area contributed by atoms with Crippen molar-refractivity contribution in [3.8, 4) is 11.3 Å². The summed E-state index contributed by atoms with van der Waals surface area (Å²) in [6.45, 7) is 1.98. The Hall–Kier alpha value is -1.55. The van der Waals surface area contributed by atoms with Gasteiger partial charge in [0.2, 0.25) is 0 Å². The van der Waals surface area contributed by atoms with Crippen molar-refractivity contribution in [1.82, 2.24) is 9.38 Å². The first kappa shape index (κ1) is 21.7. The molecule has 0 aliphatic heterocycles. The van der Waals surface area contributed by atoms with Gasteiger partial charge < -0.3 is 24.7 Å². The van der Waals surface area contributed by atoms with Crippen LogP contribution >= 0.6 is 0 Å². The van der Waals surface area contributed by atoms with Crippen molar-refractivity contribution in [3.05, 3.63) is 54.4 Å². The Morgan fingerprint density at radius 3 is 2.78 bits per heavy atom. The Balaban J connectivity index is 0.00000261. The molecule has 7 nitrogen and oxygen atoms in total. The van der Waals surface area contributed by atoms with Crippen LogP contribution in [0.1, 0.15) is 18.4 Å². The minimum atomic E-state index is -1.41. The first-order chi connectivity index (χ1) is 12.4. The van der Waals surface area contributed by atoms with E-state index in [1.807, 2.05) is 41.9 Å². The summed E-state index contributed by atoms with van der Waals surface area (Å²) in [5.41, 5.74) is 3.98. The Morgan fingerprint density at radius 2 is 2.07 bits per heavy atom. The van der Waals surface area contributed by atoms with Crippen molar-refractivity contribution in [3.63, 3.8) is 0 Å². The molecule has 8 heteroatoms. The molecule has 2 N–H and O–H groups in total. The summed E-state index contributed by atoms with van der Waals surface area (Å²) >= 11 is 0. The number of hydrogen-bond acceptors (Lipinski definition) is 5. The van der Waals surface area contributed by atoms with Gasteiger partial charge in [0, 0.05) is 29.6 Å². The van der Waals surface area contributed by atoms with E-state index in [-0.39, 0.29) is 64.2 Å². The summed E-state index contributed by atoms with van der Waals surface area (Å²) in [5, 5.41) is 22.7. The Bertz CT molecular complexity index is 970. The third kappa shape index (κ3) is 5.47. The van der Waals surface area contributed by atoms with Gasteiger partial charge in [-0.2, -0.15) is 0 Å². The number of aliphatic hydroxyl groups excluding tert-OH is 1. The fourth-order valence-electron chi connectivity index (χ4n) is 2.66. The zero-order valence-corrected chi connectivity index (χ0v) is 18.3. The molecule has 0 saturated carbocycles. The van der Waals surface area contributed by atoms with Gasteiger partial charge >= 0.3 is 51.4 Å². The smallest absolute Gasteiger partial charge is 0.550 e. The van der Waals surface area contributed by atoms with Crippen molar-refractivity contribution in [2.45, 2.75) is 25.9 Å². The molecule has 134 valence electrons. The molecular weight excluding hydrogens is 373 g/mol. The summed E-state index contributed by atoms with van der Waals surface area (Å²) < 4.78 is 1.93. The molecule has 27 heavy (non-hydrogen) atoms. The van der Waals surface area contributed by atoms with E-state index in [4.69, 9.17) is 0 Å². The van der Waals surface area contributed by atoms with Crippen molar-refractivity contribution in [2.24, 2.45) is 0 Å². The molecule has 1 amide bonds. The number of rotatable bonds is 6. The third-order valence-corrected chi connectivity index (χ3v) is 4.03. The SMILES string of the molecule is Cc1cccn2cc(-c3cccc(NC(=O)[C@@H](O)CCC(=O)[O-])c3)nc12.[K+]. The predicted octanol–water partition coefficient (Wildman–Crippen LogP) is -1.86. The van der Waals surface area contributed by atoms with Crippen LogP contribution in [0.2, 0.25) is 0 Å². The molecule has 0 saturated heterocycles. The van der Waals surface area contributed by atoms with Crippen molar-refractivity contribution >= 4 is 23.2 Å². The van der Waals surface area contributed by atoms with E-state index in [9.17, 15) is 19.8 Å². The second-order valence-electron chi connectivity index (χ2n) is 6.04. The van der Waals surface area contributed by atoms with Crippen LogP contribution in [-0.4, -0.2) is 32.5 Å². The molecule has 0 aliphatic rings. The number of carboxylic acid groups (broad SMARTS) is 1. The number of fused-ring (bicyclic) bond motifs is 1. The van der Waals surface area contributed by atoms with Crippen LogP contribution in [0.5, 0.6) is 0 Å².